The summed E-state index contributed by atoms with van der Waals surface area (Å²) >= 11 is 1.54. The van der Waals surface area contributed by atoms with Crippen molar-refractivity contribution in [3.63, 3.8) is 0 Å². The number of aliphatic hydroxyl groups excluding tert-OH is 1. The van der Waals surface area contributed by atoms with Gasteiger partial charge in [-0.2, -0.15) is 0 Å². The molecule has 0 saturated carbocycles. The van der Waals surface area contributed by atoms with Crippen LogP contribution in [0.4, 0.5) is 0 Å². The zero-order valence-electron chi connectivity index (χ0n) is 12.5. The van der Waals surface area contributed by atoms with Crippen molar-refractivity contribution in [3.8, 4) is 0 Å². The fourth-order valence-corrected chi connectivity index (χ4v) is 5.27. The van der Waals surface area contributed by atoms with Gasteiger partial charge in [0.05, 0.1) is 0 Å². The van der Waals surface area contributed by atoms with Gasteiger partial charge in [0.25, 0.3) is 0 Å². The molecule has 0 radical (unpaired) electrons. The van der Waals surface area contributed by atoms with Gasteiger partial charge in [0, 0.05) is 23.6 Å². The molecule has 1 aromatic carbocycles. The molecule has 5 N–H and O–H groups in total. The van der Waals surface area contributed by atoms with Crippen LogP contribution in [-0.2, 0) is 9.13 Å². The molecule has 0 aromatic heterocycles. The molecular formula is C12H21NO7P2S. The number of aliphatic hydroxyl groups is 1. The van der Waals surface area contributed by atoms with Crippen LogP contribution in [0, 0.1) is 0 Å². The molecule has 11 heteroatoms. The Morgan fingerprint density at radius 3 is 2.09 bits per heavy atom. The van der Waals surface area contributed by atoms with E-state index in [4.69, 9.17) is 19.6 Å². The van der Waals surface area contributed by atoms with E-state index < -0.39 is 33.2 Å². The zero-order valence-corrected chi connectivity index (χ0v) is 15.1. The highest BCUT2D eigenvalue weighted by molar-refractivity contribution is 7.99. The van der Waals surface area contributed by atoms with Crippen molar-refractivity contribution in [2.75, 3.05) is 19.3 Å². The Bertz CT molecular complexity index is 554. The van der Waals surface area contributed by atoms with E-state index >= 15 is 0 Å². The lowest BCUT2D eigenvalue weighted by molar-refractivity contribution is 0.0205. The van der Waals surface area contributed by atoms with Crippen LogP contribution < -0.4 is 0 Å². The van der Waals surface area contributed by atoms with E-state index in [1.54, 1.807) is 0 Å². The molecule has 23 heavy (non-hydrogen) atoms. The molecule has 1 unspecified atom stereocenters. The maximum atomic E-state index is 11.2. The van der Waals surface area contributed by atoms with Crippen LogP contribution in [-0.4, -0.2) is 60.6 Å². The molecule has 1 aromatic rings. The molecule has 0 bridgehead atoms. The Balaban J connectivity index is 2.53. The van der Waals surface area contributed by atoms with Crippen LogP contribution in [0.25, 0.3) is 0 Å². The molecule has 132 valence electrons. The summed E-state index contributed by atoms with van der Waals surface area (Å²) in [5, 5.41) is 7.74. The van der Waals surface area contributed by atoms with Crippen LogP contribution >= 0.6 is 27.0 Å². The third kappa shape index (κ3) is 7.47. The lowest BCUT2D eigenvalue weighted by Gasteiger charge is -2.27. The molecule has 1 atom stereocenters. The van der Waals surface area contributed by atoms with E-state index in [-0.39, 0.29) is 0 Å². The van der Waals surface area contributed by atoms with E-state index in [2.05, 4.69) is 0 Å². The third-order valence-corrected chi connectivity index (χ3v) is 7.93. The van der Waals surface area contributed by atoms with Crippen LogP contribution in [0.2, 0.25) is 0 Å². The van der Waals surface area contributed by atoms with Gasteiger partial charge in [0.1, 0.15) is 6.23 Å². The SMILES string of the molecule is CN(CCSc1ccccc1)C(O)CC(P(=O)(O)O)P(=O)(O)O. The summed E-state index contributed by atoms with van der Waals surface area (Å²) in [5.74, 6) is 0.605. The van der Waals surface area contributed by atoms with Gasteiger partial charge in [-0.15, -0.1) is 11.8 Å². The second-order valence-corrected chi connectivity index (χ2v) is 10.2. The Morgan fingerprint density at radius 2 is 1.61 bits per heavy atom. The number of thioether (sulfide) groups is 1. The molecular weight excluding hydrogens is 364 g/mol. The van der Waals surface area contributed by atoms with Crippen LogP contribution in [0.1, 0.15) is 6.42 Å². The molecule has 0 saturated heterocycles. The minimum Gasteiger partial charge on any atom is -0.378 e. The number of rotatable bonds is 9. The molecule has 1 rings (SSSR count). The van der Waals surface area contributed by atoms with Crippen molar-refractivity contribution in [3.05, 3.63) is 30.3 Å². The summed E-state index contributed by atoms with van der Waals surface area (Å²) in [6.45, 7) is 0.385. The molecule has 0 aliphatic carbocycles. The molecule has 0 fully saturated rings. The lowest BCUT2D eigenvalue weighted by atomic mass is 10.4. The van der Waals surface area contributed by atoms with Crippen molar-refractivity contribution in [2.24, 2.45) is 0 Å². The summed E-state index contributed by atoms with van der Waals surface area (Å²) in [5.41, 5.74) is 0. The fourth-order valence-electron chi connectivity index (χ4n) is 1.81. The van der Waals surface area contributed by atoms with E-state index in [0.717, 1.165) is 4.90 Å². The topological polar surface area (TPSA) is 139 Å². The second kappa shape index (κ2) is 8.76. The first kappa shape index (κ1) is 20.8. The number of hydrogen-bond donors (Lipinski definition) is 5. The largest absolute Gasteiger partial charge is 0.378 e. The van der Waals surface area contributed by atoms with Crippen molar-refractivity contribution in [1.82, 2.24) is 4.90 Å². The average Bonchev–Trinajstić information content (AvgIpc) is 2.43. The minimum atomic E-state index is -5.02. The Kier molecular flexibility index (Phi) is 7.93. The predicted octanol–water partition coefficient (Wildman–Crippen LogP) is 1.10. The normalized spacial score (nSPS) is 14.4. The molecule has 0 aliphatic rings. The van der Waals surface area contributed by atoms with Crippen LogP contribution in [0.15, 0.2) is 35.2 Å². The Morgan fingerprint density at radius 1 is 1.09 bits per heavy atom. The minimum absolute atomic E-state index is 0.385. The fraction of sp³-hybridized carbons (Fsp3) is 0.500. The van der Waals surface area contributed by atoms with Gasteiger partial charge >= 0.3 is 15.2 Å². The summed E-state index contributed by atoms with van der Waals surface area (Å²) in [4.78, 5) is 38.7. The summed E-state index contributed by atoms with van der Waals surface area (Å²) in [7, 11) is -8.52. The predicted molar refractivity (Wildman–Crippen MR) is 88.3 cm³/mol. The van der Waals surface area contributed by atoms with Crippen LogP contribution in [0.3, 0.4) is 0 Å². The lowest BCUT2D eigenvalue weighted by Crippen LogP contribution is -2.36. The summed E-state index contributed by atoms with van der Waals surface area (Å²) in [6.07, 6.45) is -2.07. The second-order valence-electron chi connectivity index (χ2n) is 5.02. The van der Waals surface area contributed by atoms with Crippen molar-refractivity contribution >= 4 is 27.0 Å². The van der Waals surface area contributed by atoms with Crippen molar-refractivity contribution in [1.29, 1.82) is 0 Å². The molecule has 0 aliphatic heterocycles. The zero-order chi connectivity index (χ0) is 17.7. The number of benzene rings is 1. The first-order chi connectivity index (χ1) is 10.5. The van der Waals surface area contributed by atoms with Crippen molar-refractivity contribution < 1.29 is 33.8 Å². The highest BCUT2D eigenvalue weighted by Gasteiger charge is 2.44. The van der Waals surface area contributed by atoms with E-state index in [0.29, 0.717) is 12.3 Å². The molecule has 8 nitrogen and oxygen atoms in total. The summed E-state index contributed by atoms with van der Waals surface area (Å²) in [6, 6.07) is 9.54. The van der Waals surface area contributed by atoms with Gasteiger partial charge in [0.15, 0.2) is 5.40 Å². The van der Waals surface area contributed by atoms with Gasteiger partial charge < -0.3 is 24.7 Å². The van der Waals surface area contributed by atoms with Crippen LogP contribution in [0.5, 0.6) is 0 Å². The highest BCUT2D eigenvalue weighted by atomic mass is 32.2. The average molecular weight is 385 g/mol. The van der Waals surface area contributed by atoms with E-state index in [1.807, 2.05) is 30.3 Å². The molecule has 0 amide bonds. The van der Waals surface area contributed by atoms with Gasteiger partial charge in [-0.3, -0.25) is 14.0 Å². The monoisotopic (exact) mass is 385 g/mol. The van der Waals surface area contributed by atoms with E-state index in [9.17, 15) is 14.2 Å². The maximum Gasteiger partial charge on any atom is 0.340 e. The maximum absolute atomic E-state index is 11.2. The van der Waals surface area contributed by atoms with Crippen molar-refractivity contribution in [2.45, 2.75) is 22.9 Å². The van der Waals surface area contributed by atoms with Gasteiger partial charge in [-0.05, 0) is 19.2 Å². The highest BCUT2D eigenvalue weighted by Crippen LogP contribution is 2.61. The number of hydrogen-bond acceptors (Lipinski definition) is 5. The summed E-state index contributed by atoms with van der Waals surface area (Å²) < 4.78 is 22.4. The smallest absolute Gasteiger partial charge is 0.340 e. The van der Waals surface area contributed by atoms with Gasteiger partial charge in [-0.1, -0.05) is 18.2 Å². The first-order valence-corrected chi connectivity index (χ1v) is 11.0. The molecule has 0 heterocycles. The van der Waals surface area contributed by atoms with Gasteiger partial charge in [-0.25, -0.2) is 0 Å². The Labute approximate surface area is 138 Å². The molecule has 0 spiro atoms. The standard InChI is InChI=1S/C12H21NO7P2S/c1-13(7-8-23-10-5-3-2-4-6-10)11(14)9-12(21(15,16)17)22(18,19)20/h2-6,11-12,14H,7-9H2,1H3,(H2,15,16,17)(H2,18,19,20). The quantitative estimate of drug-likeness (QED) is 0.240. The van der Waals surface area contributed by atoms with Gasteiger partial charge in [0.2, 0.25) is 0 Å². The number of nitrogens with zero attached hydrogens (tertiary/aromatic N) is 1. The first-order valence-electron chi connectivity index (χ1n) is 6.68. The Hall–Kier alpha value is -0.210. The third-order valence-electron chi connectivity index (χ3n) is 3.16. The van der Waals surface area contributed by atoms with E-state index in [1.165, 1.54) is 23.7 Å².